The molecular formula is C17H27N3O. The van der Waals surface area contributed by atoms with Crippen molar-refractivity contribution in [3.05, 3.63) is 11.7 Å². The smallest absolute Gasteiger partial charge is 0.231 e. The predicted octanol–water partition coefficient (Wildman–Crippen LogP) is 3.25. The molecule has 1 aromatic heterocycles. The second kappa shape index (κ2) is 4.80. The summed E-state index contributed by atoms with van der Waals surface area (Å²) in [5, 5.41) is 7.71. The van der Waals surface area contributed by atoms with Gasteiger partial charge in [-0.1, -0.05) is 12.1 Å². The minimum absolute atomic E-state index is 0.249. The summed E-state index contributed by atoms with van der Waals surface area (Å²) in [6.45, 7) is 4.33. The van der Waals surface area contributed by atoms with Crippen molar-refractivity contribution in [1.82, 2.24) is 15.5 Å². The molecule has 0 aromatic carbocycles. The largest absolute Gasteiger partial charge is 0.339 e. The predicted molar refractivity (Wildman–Crippen MR) is 81.1 cm³/mol. The monoisotopic (exact) mass is 289 g/mol. The van der Waals surface area contributed by atoms with Gasteiger partial charge in [0.1, 0.15) is 0 Å². The molecule has 4 fully saturated rings. The van der Waals surface area contributed by atoms with Gasteiger partial charge in [0.2, 0.25) is 5.89 Å². The molecule has 1 heterocycles. The van der Waals surface area contributed by atoms with Crippen LogP contribution in [-0.2, 0) is 5.41 Å². The maximum Gasteiger partial charge on any atom is 0.231 e. The van der Waals surface area contributed by atoms with Crippen LogP contribution >= 0.6 is 0 Å². The number of hydrogen-bond donors (Lipinski definition) is 1. The van der Waals surface area contributed by atoms with E-state index in [1.165, 1.54) is 38.5 Å². The molecule has 4 bridgehead atoms. The van der Waals surface area contributed by atoms with Gasteiger partial charge >= 0.3 is 0 Å². The van der Waals surface area contributed by atoms with E-state index in [0.29, 0.717) is 6.04 Å². The number of aromatic nitrogens is 2. The molecule has 2 unspecified atom stereocenters. The van der Waals surface area contributed by atoms with Gasteiger partial charge in [0, 0.05) is 11.5 Å². The lowest BCUT2D eigenvalue weighted by atomic mass is 9.49. The van der Waals surface area contributed by atoms with Gasteiger partial charge < -0.3 is 9.84 Å². The van der Waals surface area contributed by atoms with Crippen molar-refractivity contribution in [2.75, 3.05) is 7.05 Å². The average Bonchev–Trinajstić information content (AvgIpc) is 2.94. The number of nitrogens with zero attached hydrogens (tertiary/aromatic N) is 2. The van der Waals surface area contributed by atoms with Crippen LogP contribution < -0.4 is 5.32 Å². The number of hydrogen-bond acceptors (Lipinski definition) is 4. The zero-order valence-corrected chi connectivity index (χ0v) is 13.4. The molecule has 5 rings (SSSR count). The molecular weight excluding hydrogens is 262 g/mol. The van der Waals surface area contributed by atoms with Crippen LogP contribution in [0.15, 0.2) is 4.52 Å². The lowest BCUT2D eigenvalue weighted by molar-refractivity contribution is -0.0103. The van der Waals surface area contributed by atoms with Crippen molar-refractivity contribution in [3.63, 3.8) is 0 Å². The molecule has 1 N–H and O–H groups in total. The number of nitrogens with one attached hydrogen (secondary N) is 1. The quantitative estimate of drug-likeness (QED) is 0.924. The van der Waals surface area contributed by atoms with Crippen LogP contribution in [-0.4, -0.2) is 23.2 Å². The van der Waals surface area contributed by atoms with Crippen LogP contribution in [0.2, 0.25) is 0 Å². The third kappa shape index (κ3) is 2.14. The van der Waals surface area contributed by atoms with Crippen LogP contribution in [0, 0.1) is 17.8 Å². The summed E-state index contributed by atoms with van der Waals surface area (Å²) >= 11 is 0. The minimum Gasteiger partial charge on any atom is -0.339 e. The standard InChI is InChI=1S/C17H27N3O/c1-10(11(2)18-3)15-19-16(20-21-15)17-7-12-4-13(8-17)6-14(5-12)9-17/h10-14,18H,4-9H2,1-3H3. The van der Waals surface area contributed by atoms with Crippen molar-refractivity contribution < 1.29 is 4.52 Å². The lowest BCUT2D eigenvalue weighted by Gasteiger charge is -2.55. The van der Waals surface area contributed by atoms with Gasteiger partial charge in [0.25, 0.3) is 0 Å². The zero-order valence-electron chi connectivity index (χ0n) is 13.4. The van der Waals surface area contributed by atoms with E-state index in [9.17, 15) is 0 Å². The van der Waals surface area contributed by atoms with Crippen LogP contribution in [0.5, 0.6) is 0 Å². The topological polar surface area (TPSA) is 51.0 Å². The highest BCUT2D eigenvalue weighted by Gasteiger charge is 2.53. The van der Waals surface area contributed by atoms with Gasteiger partial charge in [0.05, 0.1) is 5.92 Å². The normalized spacial score (nSPS) is 40.4. The van der Waals surface area contributed by atoms with E-state index in [4.69, 9.17) is 9.51 Å². The Kier molecular flexibility index (Phi) is 3.14. The Labute approximate surface area is 127 Å². The summed E-state index contributed by atoms with van der Waals surface area (Å²) in [4.78, 5) is 4.85. The minimum atomic E-state index is 0.249. The summed E-state index contributed by atoms with van der Waals surface area (Å²) in [5.41, 5.74) is 0.249. The Morgan fingerprint density at radius 1 is 1.10 bits per heavy atom. The van der Waals surface area contributed by atoms with Crippen molar-refractivity contribution in [3.8, 4) is 0 Å². The number of likely N-dealkylation sites (N-methyl/N-ethyl adjacent to an activating group) is 1. The van der Waals surface area contributed by atoms with Crippen LogP contribution in [0.1, 0.15) is 70.0 Å². The van der Waals surface area contributed by atoms with Gasteiger partial charge in [-0.3, -0.25) is 0 Å². The van der Waals surface area contributed by atoms with Gasteiger partial charge in [-0.05, 0) is 70.3 Å². The summed E-state index contributed by atoms with van der Waals surface area (Å²) in [6, 6.07) is 0.356. The zero-order chi connectivity index (χ0) is 14.6. The lowest BCUT2D eigenvalue weighted by Crippen LogP contribution is -2.49. The Morgan fingerprint density at radius 3 is 2.19 bits per heavy atom. The molecule has 4 aliphatic rings. The fourth-order valence-corrected chi connectivity index (χ4v) is 5.48. The van der Waals surface area contributed by atoms with Crippen molar-refractivity contribution in [1.29, 1.82) is 0 Å². The van der Waals surface area contributed by atoms with E-state index < -0.39 is 0 Å². The molecule has 0 radical (unpaired) electrons. The van der Waals surface area contributed by atoms with Crippen LogP contribution in [0.3, 0.4) is 0 Å². The second-order valence-electron chi connectivity index (χ2n) is 8.02. The van der Waals surface area contributed by atoms with E-state index in [1.807, 2.05) is 7.05 Å². The molecule has 0 aliphatic heterocycles. The molecule has 4 heteroatoms. The van der Waals surface area contributed by atoms with E-state index in [2.05, 4.69) is 24.3 Å². The highest BCUT2D eigenvalue weighted by molar-refractivity contribution is 5.17. The third-order valence-corrected chi connectivity index (χ3v) is 6.55. The average molecular weight is 289 g/mol. The molecule has 1 aromatic rings. The van der Waals surface area contributed by atoms with Crippen molar-refractivity contribution >= 4 is 0 Å². The first-order valence-corrected chi connectivity index (χ1v) is 8.61. The van der Waals surface area contributed by atoms with Crippen LogP contribution in [0.25, 0.3) is 0 Å². The summed E-state index contributed by atoms with van der Waals surface area (Å²) in [7, 11) is 1.98. The summed E-state index contributed by atoms with van der Waals surface area (Å²) < 4.78 is 5.64. The van der Waals surface area contributed by atoms with Crippen molar-refractivity contribution in [2.45, 2.75) is 69.7 Å². The molecule has 4 saturated carbocycles. The molecule has 21 heavy (non-hydrogen) atoms. The second-order valence-corrected chi connectivity index (χ2v) is 8.02. The van der Waals surface area contributed by atoms with E-state index in [-0.39, 0.29) is 11.3 Å². The van der Waals surface area contributed by atoms with Gasteiger partial charge in [-0.25, -0.2) is 0 Å². The maximum absolute atomic E-state index is 5.64. The van der Waals surface area contributed by atoms with Gasteiger partial charge in [0.15, 0.2) is 5.82 Å². The fourth-order valence-electron chi connectivity index (χ4n) is 5.48. The first kappa shape index (κ1) is 13.7. The SMILES string of the molecule is CNC(C)C(C)c1nc(C23CC4CC(CC(C4)C2)C3)no1. The maximum atomic E-state index is 5.64. The van der Waals surface area contributed by atoms with E-state index >= 15 is 0 Å². The molecule has 0 amide bonds. The van der Waals surface area contributed by atoms with E-state index in [0.717, 1.165) is 29.5 Å². The highest BCUT2D eigenvalue weighted by Crippen LogP contribution is 2.60. The molecule has 2 atom stereocenters. The fraction of sp³-hybridized carbons (Fsp3) is 0.882. The molecule has 0 spiro atoms. The molecule has 4 nitrogen and oxygen atoms in total. The summed E-state index contributed by atoms with van der Waals surface area (Å²) in [5.74, 6) is 4.87. The Morgan fingerprint density at radius 2 is 1.67 bits per heavy atom. The molecule has 116 valence electrons. The Hall–Kier alpha value is -0.900. The van der Waals surface area contributed by atoms with Crippen molar-refractivity contribution in [2.24, 2.45) is 17.8 Å². The third-order valence-electron chi connectivity index (χ3n) is 6.55. The Bertz CT molecular complexity index is 489. The van der Waals surface area contributed by atoms with Crippen LogP contribution in [0.4, 0.5) is 0 Å². The number of rotatable bonds is 4. The van der Waals surface area contributed by atoms with Gasteiger partial charge in [-0.15, -0.1) is 0 Å². The molecule has 4 aliphatic carbocycles. The highest BCUT2D eigenvalue weighted by atomic mass is 16.5. The van der Waals surface area contributed by atoms with E-state index in [1.54, 1.807) is 0 Å². The summed E-state index contributed by atoms with van der Waals surface area (Å²) in [6.07, 6.45) is 8.27. The van der Waals surface area contributed by atoms with Gasteiger partial charge in [-0.2, -0.15) is 4.98 Å². The molecule has 0 saturated heterocycles. The first-order valence-electron chi connectivity index (χ1n) is 8.61. The first-order chi connectivity index (χ1) is 10.1. The Balaban J connectivity index is 1.61.